The summed E-state index contributed by atoms with van der Waals surface area (Å²) >= 11 is 1.75. The molecule has 1 N–H and O–H groups in total. The maximum Gasteiger partial charge on any atom is 0.389 e. The number of alkyl halides is 3. The highest BCUT2D eigenvalue weighted by Gasteiger charge is 2.25. The summed E-state index contributed by atoms with van der Waals surface area (Å²) in [6.07, 6.45) is -3.91. The average molecular weight is 265 g/mol. The third-order valence-electron chi connectivity index (χ3n) is 2.52. The molecule has 0 radical (unpaired) electrons. The number of hydrogen-bond donors (Lipinski definition) is 1. The summed E-state index contributed by atoms with van der Waals surface area (Å²) in [6, 6.07) is 2.13. The van der Waals surface area contributed by atoms with Crippen molar-refractivity contribution in [3.8, 4) is 0 Å². The Labute approximate surface area is 104 Å². The minimum absolute atomic E-state index is 0.206. The Morgan fingerprint density at radius 1 is 1.24 bits per heavy atom. The lowest BCUT2D eigenvalue weighted by atomic mass is 10.2. The number of halogens is 3. The molecule has 5 heteroatoms. The van der Waals surface area contributed by atoms with E-state index in [0.29, 0.717) is 13.0 Å². The fourth-order valence-electron chi connectivity index (χ4n) is 1.66. The van der Waals surface area contributed by atoms with E-state index in [0.717, 1.165) is 6.54 Å². The molecule has 0 bridgehead atoms. The molecule has 0 aliphatic carbocycles. The predicted molar refractivity (Wildman–Crippen MR) is 65.4 cm³/mol. The summed E-state index contributed by atoms with van der Waals surface area (Å²) in [4.78, 5) is 2.56. The number of hydrogen-bond acceptors (Lipinski definition) is 2. The van der Waals surface area contributed by atoms with Crippen LogP contribution in [0.1, 0.15) is 34.6 Å². The van der Waals surface area contributed by atoms with Crippen LogP contribution < -0.4 is 5.32 Å². The molecule has 1 aromatic rings. The monoisotopic (exact) mass is 265 g/mol. The van der Waals surface area contributed by atoms with Crippen LogP contribution in [-0.2, 0) is 6.54 Å². The van der Waals surface area contributed by atoms with E-state index in [1.54, 1.807) is 11.3 Å². The molecule has 0 aromatic carbocycles. The first-order chi connectivity index (χ1) is 7.88. The number of aryl methyl sites for hydroxylation is 2. The summed E-state index contributed by atoms with van der Waals surface area (Å²) in [5.74, 6) is 0. The van der Waals surface area contributed by atoms with E-state index in [9.17, 15) is 13.2 Å². The molecule has 1 nitrogen and oxygen atoms in total. The van der Waals surface area contributed by atoms with E-state index in [1.165, 1.54) is 15.3 Å². The Morgan fingerprint density at radius 2 is 1.94 bits per heavy atom. The van der Waals surface area contributed by atoms with Crippen molar-refractivity contribution < 1.29 is 13.2 Å². The van der Waals surface area contributed by atoms with Crippen molar-refractivity contribution in [2.45, 2.75) is 45.8 Å². The SMILES string of the molecule is Cc1cc(CNCCCCC(F)(F)F)c(C)s1. The third kappa shape index (κ3) is 6.07. The van der Waals surface area contributed by atoms with Gasteiger partial charge < -0.3 is 5.32 Å². The molecule has 1 heterocycles. The Bertz CT molecular complexity index is 344. The normalized spacial score (nSPS) is 12.1. The van der Waals surface area contributed by atoms with E-state index in [1.807, 2.05) is 0 Å². The van der Waals surface area contributed by atoms with Gasteiger partial charge in [-0.1, -0.05) is 0 Å². The van der Waals surface area contributed by atoms with E-state index in [-0.39, 0.29) is 6.42 Å². The molecule has 0 amide bonds. The molecule has 0 saturated heterocycles. The summed E-state index contributed by atoms with van der Waals surface area (Å²) in [5, 5.41) is 3.18. The Balaban J connectivity index is 2.11. The van der Waals surface area contributed by atoms with Gasteiger partial charge in [0.05, 0.1) is 0 Å². The fourth-order valence-corrected chi connectivity index (χ4v) is 2.60. The van der Waals surface area contributed by atoms with Crippen molar-refractivity contribution in [3.05, 3.63) is 21.4 Å². The van der Waals surface area contributed by atoms with Crippen molar-refractivity contribution in [1.29, 1.82) is 0 Å². The van der Waals surface area contributed by atoms with Crippen molar-refractivity contribution in [3.63, 3.8) is 0 Å². The lowest BCUT2D eigenvalue weighted by molar-refractivity contribution is -0.135. The highest BCUT2D eigenvalue weighted by atomic mass is 32.1. The molecule has 1 rings (SSSR count). The molecule has 0 saturated carbocycles. The zero-order chi connectivity index (χ0) is 12.9. The van der Waals surface area contributed by atoms with Gasteiger partial charge in [0.1, 0.15) is 0 Å². The first kappa shape index (κ1) is 14.5. The lowest BCUT2D eigenvalue weighted by Gasteiger charge is -2.06. The van der Waals surface area contributed by atoms with Crippen LogP contribution in [0.3, 0.4) is 0 Å². The zero-order valence-corrected chi connectivity index (χ0v) is 11.0. The van der Waals surface area contributed by atoms with Gasteiger partial charge in [-0.05, 0) is 44.9 Å². The molecular formula is C12H18F3NS. The molecule has 0 fully saturated rings. The first-order valence-electron chi connectivity index (χ1n) is 5.72. The van der Waals surface area contributed by atoms with E-state index < -0.39 is 12.6 Å². The number of nitrogens with one attached hydrogen (secondary N) is 1. The predicted octanol–water partition coefficient (Wildman–Crippen LogP) is 4.19. The molecular weight excluding hydrogens is 247 g/mol. The quantitative estimate of drug-likeness (QED) is 0.761. The largest absolute Gasteiger partial charge is 0.389 e. The topological polar surface area (TPSA) is 12.0 Å². The molecule has 17 heavy (non-hydrogen) atoms. The highest BCUT2D eigenvalue weighted by Crippen LogP contribution is 2.22. The highest BCUT2D eigenvalue weighted by molar-refractivity contribution is 7.12. The van der Waals surface area contributed by atoms with Gasteiger partial charge in [-0.2, -0.15) is 13.2 Å². The van der Waals surface area contributed by atoms with E-state index in [4.69, 9.17) is 0 Å². The smallest absolute Gasteiger partial charge is 0.313 e. The summed E-state index contributed by atoms with van der Waals surface area (Å²) in [5.41, 5.74) is 1.25. The van der Waals surface area contributed by atoms with Gasteiger partial charge in [0.15, 0.2) is 0 Å². The van der Waals surface area contributed by atoms with Gasteiger partial charge in [-0.15, -0.1) is 11.3 Å². The minimum Gasteiger partial charge on any atom is -0.313 e. The van der Waals surface area contributed by atoms with Crippen LogP contribution in [0.25, 0.3) is 0 Å². The van der Waals surface area contributed by atoms with Crippen LogP contribution in [0.4, 0.5) is 13.2 Å². The number of thiophene rings is 1. The molecule has 0 unspecified atom stereocenters. The second-order valence-electron chi connectivity index (χ2n) is 4.19. The standard InChI is InChI=1S/C12H18F3NS/c1-9-7-11(10(2)17-9)8-16-6-4-3-5-12(13,14)15/h7,16H,3-6,8H2,1-2H3. The van der Waals surface area contributed by atoms with E-state index >= 15 is 0 Å². The number of rotatable bonds is 6. The molecule has 98 valence electrons. The zero-order valence-electron chi connectivity index (χ0n) is 10.2. The van der Waals surface area contributed by atoms with Crippen LogP contribution in [0.5, 0.6) is 0 Å². The summed E-state index contributed by atoms with van der Waals surface area (Å²) < 4.78 is 35.6. The Hall–Kier alpha value is -0.550. The lowest BCUT2D eigenvalue weighted by Crippen LogP contribution is -2.16. The van der Waals surface area contributed by atoms with Gasteiger partial charge in [-0.3, -0.25) is 0 Å². The van der Waals surface area contributed by atoms with Gasteiger partial charge >= 0.3 is 6.18 Å². The average Bonchev–Trinajstić information content (AvgIpc) is 2.49. The Morgan fingerprint density at radius 3 is 2.47 bits per heavy atom. The molecule has 0 aliphatic heterocycles. The number of unbranched alkanes of at least 4 members (excludes halogenated alkanes) is 1. The summed E-state index contributed by atoms with van der Waals surface area (Å²) in [6.45, 7) is 5.52. The first-order valence-corrected chi connectivity index (χ1v) is 6.53. The molecule has 1 aromatic heterocycles. The van der Waals surface area contributed by atoms with Crippen LogP contribution in [0, 0.1) is 13.8 Å². The molecule has 0 spiro atoms. The molecule has 0 atom stereocenters. The van der Waals surface area contributed by atoms with Crippen LogP contribution in [0.15, 0.2) is 6.07 Å². The van der Waals surface area contributed by atoms with Gasteiger partial charge in [0.25, 0.3) is 0 Å². The van der Waals surface area contributed by atoms with Crippen LogP contribution >= 0.6 is 11.3 Å². The minimum atomic E-state index is -4.01. The van der Waals surface area contributed by atoms with E-state index in [2.05, 4.69) is 25.2 Å². The van der Waals surface area contributed by atoms with Crippen molar-refractivity contribution >= 4 is 11.3 Å². The maximum atomic E-state index is 11.9. The van der Waals surface area contributed by atoms with Crippen molar-refractivity contribution in [2.24, 2.45) is 0 Å². The fraction of sp³-hybridized carbons (Fsp3) is 0.667. The molecule has 0 aliphatic rings. The third-order valence-corrected chi connectivity index (χ3v) is 3.53. The Kier molecular flexibility index (Phi) is 5.46. The van der Waals surface area contributed by atoms with Crippen molar-refractivity contribution in [1.82, 2.24) is 5.32 Å². The second-order valence-corrected chi connectivity index (χ2v) is 5.65. The second kappa shape index (κ2) is 6.40. The van der Waals surface area contributed by atoms with Crippen molar-refractivity contribution in [2.75, 3.05) is 6.54 Å². The van der Waals surface area contributed by atoms with Crippen LogP contribution in [0.2, 0.25) is 0 Å². The summed E-state index contributed by atoms with van der Waals surface area (Å²) in [7, 11) is 0. The van der Waals surface area contributed by atoms with Gasteiger partial charge in [0, 0.05) is 22.7 Å². The van der Waals surface area contributed by atoms with Crippen LogP contribution in [-0.4, -0.2) is 12.7 Å². The van der Waals surface area contributed by atoms with Gasteiger partial charge in [-0.25, -0.2) is 0 Å². The van der Waals surface area contributed by atoms with Gasteiger partial charge in [0.2, 0.25) is 0 Å². The maximum absolute atomic E-state index is 11.9.